The lowest BCUT2D eigenvalue weighted by molar-refractivity contribution is -0.386. The van der Waals surface area contributed by atoms with Gasteiger partial charge < -0.3 is 4.57 Å². The van der Waals surface area contributed by atoms with E-state index in [0.29, 0.717) is 0 Å². The summed E-state index contributed by atoms with van der Waals surface area (Å²) in [4.78, 5) is 33.5. The van der Waals surface area contributed by atoms with Crippen molar-refractivity contribution in [3.05, 3.63) is 37.2 Å². The van der Waals surface area contributed by atoms with Crippen molar-refractivity contribution < 1.29 is 9.72 Å². The van der Waals surface area contributed by atoms with Crippen LogP contribution in [0.1, 0.15) is 25.7 Å². The fraction of sp³-hybridized carbons (Fsp3) is 0.500. The topological polar surface area (TPSA) is 82.2 Å². The van der Waals surface area contributed by atoms with E-state index in [4.69, 9.17) is 0 Å². The minimum absolute atomic E-state index is 0.0530. The first-order valence-electron chi connectivity index (χ1n) is 6.05. The molecule has 0 unspecified atom stereocenters. The van der Waals surface area contributed by atoms with E-state index in [1.165, 1.54) is 10.8 Å². The van der Waals surface area contributed by atoms with Gasteiger partial charge in [0, 0.05) is 12.1 Å². The molecule has 0 spiro atoms. The van der Waals surface area contributed by atoms with Gasteiger partial charge in [0.25, 0.3) is 5.43 Å². The van der Waals surface area contributed by atoms with Crippen LogP contribution in [0.5, 0.6) is 0 Å². The van der Waals surface area contributed by atoms with Gasteiger partial charge in [-0.15, -0.1) is 0 Å². The van der Waals surface area contributed by atoms with E-state index in [2.05, 4.69) is 15.9 Å². The second-order valence-electron chi connectivity index (χ2n) is 4.70. The smallest absolute Gasteiger partial charge is 0.333 e. The van der Waals surface area contributed by atoms with Gasteiger partial charge in [0.15, 0.2) is 5.78 Å². The quantitative estimate of drug-likeness (QED) is 0.627. The Morgan fingerprint density at radius 3 is 2.63 bits per heavy atom. The molecule has 0 N–H and O–H groups in total. The SMILES string of the molecule is O=C(Cn1cc(Br)c(=O)c([N+](=O)[O-])c1)C1CCCC1. The molecule has 1 heterocycles. The molecular formula is C12H13BrN2O4. The first-order valence-corrected chi connectivity index (χ1v) is 6.85. The van der Waals surface area contributed by atoms with Gasteiger partial charge in [-0.05, 0) is 28.8 Å². The van der Waals surface area contributed by atoms with Gasteiger partial charge in [-0.2, -0.15) is 0 Å². The van der Waals surface area contributed by atoms with Crippen LogP contribution in [0.15, 0.2) is 21.7 Å². The molecule has 0 atom stereocenters. The molecule has 0 saturated heterocycles. The summed E-state index contributed by atoms with van der Waals surface area (Å²) in [6, 6.07) is 0. The Kier molecular flexibility index (Phi) is 4.14. The number of nitro groups is 1. The largest absolute Gasteiger partial charge is 0.339 e. The summed E-state index contributed by atoms with van der Waals surface area (Å²) in [5.74, 6) is 0.125. The number of aromatic nitrogens is 1. The number of carbonyl (C=O) groups excluding carboxylic acids is 1. The molecule has 0 bridgehead atoms. The minimum Gasteiger partial charge on any atom is -0.339 e. The van der Waals surface area contributed by atoms with E-state index >= 15 is 0 Å². The first-order chi connectivity index (χ1) is 8.99. The number of halogens is 1. The van der Waals surface area contributed by atoms with Crippen molar-refractivity contribution in [2.45, 2.75) is 32.2 Å². The summed E-state index contributed by atoms with van der Waals surface area (Å²) in [6.45, 7) is 0.0738. The molecule has 19 heavy (non-hydrogen) atoms. The molecule has 0 radical (unpaired) electrons. The van der Waals surface area contributed by atoms with Gasteiger partial charge in [0.05, 0.1) is 22.1 Å². The van der Waals surface area contributed by atoms with E-state index in [1.807, 2.05) is 0 Å². The Bertz CT molecular complexity index is 576. The van der Waals surface area contributed by atoms with E-state index in [-0.39, 0.29) is 22.7 Å². The highest BCUT2D eigenvalue weighted by atomic mass is 79.9. The Hall–Kier alpha value is -1.50. The van der Waals surface area contributed by atoms with Crippen LogP contribution in [0.2, 0.25) is 0 Å². The Balaban J connectivity index is 2.23. The molecule has 6 nitrogen and oxygen atoms in total. The molecule has 0 amide bonds. The maximum atomic E-state index is 12.0. The molecule has 0 aliphatic heterocycles. The molecule has 2 rings (SSSR count). The summed E-state index contributed by atoms with van der Waals surface area (Å²) < 4.78 is 1.51. The minimum atomic E-state index is -0.733. The van der Waals surface area contributed by atoms with Gasteiger partial charge in [0.2, 0.25) is 0 Å². The van der Waals surface area contributed by atoms with Crippen molar-refractivity contribution in [3.8, 4) is 0 Å². The summed E-state index contributed by atoms with van der Waals surface area (Å²) in [5.41, 5.74) is -1.19. The number of pyridine rings is 1. The summed E-state index contributed by atoms with van der Waals surface area (Å²) in [7, 11) is 0. The third-order valence-electron chi connectivity index (χ3n) is 3.36. The molecule has 0 aromatic carbocycles. The lowest BCUT2D eigenvalue weighted by Gasteiger charge is -2.10. The lowest BCUT2D eigenvalue weighted by atomic mass is 10.0. The van der Waals surface area contributed by atoms with Crippen molar-refractivity contribution >= 4 is 27.4 Å². The van der Waals surface area contributed by atoms with Gasteiger partial charge >= 0.3 is 5.69 Å². The zero-order chi connectivity index (χ0) is 14.0. The average molecular weight is 329 g/mol. The zero-order valence-electron chi connectivity index (χ0n) is 10.2. The van der Waals surface area contributed by atoms with E-state index in [1.54, 1.807) is 0 Å². The second-order valence-corrected chi connectivity index (χ2v) is 5.55. The lowest BCUT2D eigenvalue weighted by Crippen LogP contribution is -2.20. The van der Waals surface area contributed by atoms with Crippen molar-refractivity contribution in [1.82, 2.24) is 4.57 Å². The van der Waals surface area contributed by atoms with E-state index < -0.39 is 16.0 Å². The number of hydrogen-bond donors (Lipinski definition) is 0. The van der Waals surface area contributed by atoms with Crippen molar-refractivity contribution in [2.75, 3.05) is 0 Å². The molecule has 1 aliphatic carbocycles. The molecule has 102 valence electrons. The third-order valence-corrected chi connectivity index (χ3v) is 3.93. The van der Waals surface area contributed by atoms with Gasteiger partial charge in [-0.25, -0.2) is 0 Å². The standard InChI is InChI=1S/C12H13BrN2O4/c13-9-5-14(6-10(12(9)17)15(18)19)7-11(16)8-3-1-2-4-8/h5-6,8H,1-4,7H2. The van der Waals surface area contributed by atoms with Crippen LogP contribution in [-0.4, -0.2) is 15.3 Å². The summed E-state index contributed by atoms with van der Waals surface area (Å²) in [6.07, 6.45) is 6.45. The summed E-state index contributed by atoms with van der Waals surface area (Å²) >= 11 is 2.99. The van der Waals surface area contributed by atoms with Gasteiger partial charge in [-0.3, -0.25) is 19.7 Å². The highest BCUT2D eigenvalue weighted by Crippen LogP contribution is 2.26. The molecule has 1 fully saturated rings. The van der Waals surface area contributed by atoms with Crippen LogP contribution in [0.4, 0.5) is 5.69 Å². The predicted octanol–water partition coefficient (Wildman–Crippen LogP) is 2.28. The normalized spacial score (nSPS) is 15.6. The van der Waals surface area contributed by atoms with Crippen LogP contribution in [0, 0.1) is 16.0 Å². The van der Waals surface area contributed by atoms with Crippen LogP contribution >= 0.6 is 15.9 Å². The number of rotatable bonds is 4. The van der Waals surface area contributed by atoms with Crippen molar-refractivity contribution in [1.29, 1.82) is 0 Å². The van der Waals surface area contributed by atoms with Crippen LogP contribution in [0.25, 0.3) is 0 Å². The van der Waals surface area contributed by atoms with Gasteiger partial charge in [0.1, 0.15) is 0 Å². The fourth-order valence-corrected chi connectivity index (χ4v) is 2.82. The maximum absolute atomic E-state index is 12.0. The second kappa shape index (κ2) is 5.64. The molecular weight excluding hydrogens is 316 g/mol. The molecule has 1 aromatic rings. The monoisotopic (exact) mass is 328 g/mol. The van der Waals surface area contributed by atoms with E-state index in [9.17, 15) is 19.7 Å². The van der Waals surface area contributed by atoms with Gasteiger partial charge in [-0.1, -0.05) is 12.8 Å². The molecule has 7 heteroatoms. The number of hydrogen-bond acceptors (Lipinski definition) is 4. The Morgan fingerprint density at radius 1 is 1.42 bits per heavy atom. The van der Waals surface area contributed by atoms with Crippen LogP contribution in [0.3, 0.4) is 0 Å². The van der Waals surface area contributed by atoms with Crippen molar-refractivity contribution in [3.63, 3.8) is 0 Å². The molecule has 1 saturated carbocycles. The number of ketones is 1. The predicted molar refractivity (Wildman–Crippen MR) is 72.0 cm³/mol. The Labute approximate surface area is 117 Å². The van der Waals surface area contributed by atoms with E-state index in [0.717, 1.165) is 31.9 Å². The van der Waals surface area contributed by atoms with Crippen molar-refractivity contribution in [2.24, 2.45) is 5.92 Å². The number of Topliss-reactive ketones (excluding diaryl/α,β-unsaturated/α-hetero) is 1. The number of carbonyl (C=O) groups is 1. The molecule has 1 aromatic heterocycles. The third kappa shape index (κ3) is 3.09. The number of nitrogens with zero attached hydrogens (tertiary/aromatic N) is 2. The zero-order valence-corrected chi connectivity index (χ0v) is 11.8. The summed E-state index contributed by atoms with van der Waals surface area (Å²) in [5, 5.41) is 10.8. The van der Waals surface area contributed by atoms with Crippen LogP contribution < -0.4 is 5.43 Å². The molecule has 1 aliphatic rings. The van der Waals surface area contributed by atoms with Crippen LogP contribution in [-0.2, 0) is 11.3 Å². The fourth-order valence-electron chi connectivity index (χ4n) is 2.36. The highest BCUT2D eigenvalue weighted by Gasteiger charge is 2.23. The first kappa shape index (κ1) is 13.9. The highest BCUT2D eigenvalue weighted by molar-refractivity contribution is 9.10. The maximum Gasteiger partial charge on any atom is 0.333 e. The Morgan fingerprint density at radius 2 is 2.05 bits per heavy atom. The average Bonchev–Trinajstić information content (AvgIpc) is 2.86.